The van der Waals surface area contributed by atoms with Crippen LogP contribution in [0.1, 0.15) is 15.4 Å². The van der Waals surface area contributed by atoms with Crippen LogP contribution in [0.3, 0.4) is 0 Å². The third-order valence-electron chi connectivity index (χ3n) is 3.34. The Morgan fingerprint density at radius 2 is 2.17 bits per heavy atom. The number of rotatable bonds is 8. The van der Waals surface area contributed by atoms with E-state index in [2.05, 4.69) is 44.4 Å². The van der Waals surface area contributed by atoms with Gasteiger partial charge in [0.05, 0.1) is 16.1 Å². The minimum Gasteiger partial charge on any atom is -0.388 e. The zero-order valence-corrected chi connectivity index (χ0v) is 14.8. The van der Waals surface area contributed by atoms with E-state index in [0.29, 0.717) is 6.41 Å². The molecule has 1 aromatic carbocycles. The number of carbonyl (C=O) groups is 1. The number of hydrogen-bond donors (Lipinski definition) is 3. The number of carbonyl (C=O) groups excluding carboxylic acids is 1. The molecule has 0 aliphatic carbocycles. The number of benzene rings is 1. The Morgan fingerprint density at radius 3 is 2.88 bits per heavy atom. The van der Waals surface area contributed by atoms with Crippen molar-refractivity contribution in [1.29, 1.82) is 0 Å². The highest BCUT2D eigenvalue weighted by Gasteiger charge is 2.11. The van der Waals surface area contributed by atoms with E-state index in [1.165, 1.54) is 5.56 Å². The van der Waals surface area contributed by atoms with Crippen LogP contribution in [0.5, 0.6) is 0 Å². The standard InChI is InChI=1S/C17H21N5OS/c1-12-22-17(19-3)16(24-12)14(10-20-21-11-23)8-7-13-5-4-6-15(9-13)18-2/h4-6,8-11,18-19H,7H2,1-3H3,(H,21,23)/b14-8+,20-10-. The van der Waals surface area contributed by atoms with Gasteiger partial charge in [0.25, 0.3) is 0 Å². The molecule has 1 aromatic heterocycles. The molecule has 0 fully saturated rings. The summed E-state index contributed by atoms with van der Waals surface area (Å²) in [6.45, 7) is 1.96. The van der Waals surface area contributed by atoms with Crippen LogP contribution in [0.4, 0.5) is 11.5 Å². The zero-order chi connectivity index (χ0) is 17.4. The van der Waals surface area contributed by atoms with Gasteiger partial charge in [-0.15, -0.1) is 11.3 Å². The molecule has 0 unspecified atom stereocenters. The summed E-state index contributed by atoms with van der Waals surface area (Å²) in [6, 6.07) is 8.22. The number of allylic oxidation sites excluding steroid dienone is 2. The molecule has 1 heterocycles. The van der Waals surface area contributed by atoms with Crippen molar-refractivity contribution in [3.63, 3.8) is 0 Å². The van der Waals surface area contributed by atoms with Crippen LogP contribution in [0.25, 0.3) is 5.57 Å². The third-order valence-corrected chi connectivity index (χ3v) is 4.36. The SMILES string of the molecule is CNc1cccc(C/C=C(\C=N/NC=O)c2sc(C)nc2NC)c1. The quantitative estimate of drug-likeness (QED) is 0.391. The second-order valence-corrected chi connectivity index (χ2v) is 6.18. The van der Waals surface area contributed by atoms with E-state index in [1.807, 2.05) is 33.2 Å². The first kappa shape index (κ1) is 17.7. The van der Waals surface area contributed by atoms with Crippen LogP contribution in [-0.2, 0) is 11.2 Å². The van der Waals surface area contributed by atoms with Crippen molar-refractivity contribution in [1.82, 2.24) is 10.4 Å². The molecule has 0 aliphatic heterocycles. The van der Waals surface area contributed by atoms with Crippen molar-refractivity contribution < 1.29 is 4.79 Å². The fraction of sp³-hybridized carbons (Fsp3) is 0.235. The lowest BCUT2D eigenvalue weighted by Crippen LogP contribution is -2.02. The van der Waals surface area contributed by atoms with Gasteiger partial charge in [-0.3, -0.25) is 4.79 Å². The second-order valence-electron chi connectivity index (χ2n) is 4.98. The number of nitrogens with one attached hydrogen (secondary N) is 3. The monoisotopic (exact) mass is 343 g/mol. The van der Waals surface area contributed by atoms with Crippen LogP contribution in [0, 0.1) is 6.92 Å². The molecule has 0 saturated carbocycles. The molecule has 2 aromatic rings. The molecule has 0 saturated heterocycles. The highest BCUT2D eigenvalue weighted by Crippen LogP contribution is 2.29. The minimum absolute atomic E-state index is 0.543. The smallest absolute Gasteiger partial charge is 0.227 e. The van der Waals surface area contributed by atoms with Gasteiger partial charge >= 0.3 is 0 Å². The number of aromatic nitrogens is 1. The van der Waals surface area contributed by atoms with Crippen molar-refractivity contribution in [2.24, 2.45) is 5.10 Å². The summed E-state index contributed by atoms with van der Waals surface area (Å²) in [6.07, 6.45) is 5.02. The van der Waals surface area contributed by atoms with Gasteiger partial charge in [0.2, 0.25) is 6.41 Å². The summed E-state index contributed by atoms with van der Waals surface area (Å²) in [5, 5.41) is 11.1. The van der Waals surface area contributed by atoms with E-state index in [-0.39, 0.29) is 0 Å². The topological polar surface area (TPSA) is 78.4 Å². The van der Waals surface area contributed by atoms with Gasteiger partial charge < -0.3 is 10.6 Å². The molecule has 7 heteroatoms. The van der Waals surface area contributed by atoms with E-state index in [9.17, 15) is 4.79 Å². The normalized spacial score (nSPS) is 11.5. The Bertz CT molecular complexity index is 751. The summed E-state index contributed by atoms with van der Waals surface area (Å²) in [5.41, 5.74) is 5.48. The van der Waals surface area contributed by atoms with Gasteiger partial charge in [-0.2, -0.15) is 5.10 Å². The molecule has 1 amide bonds. The predicted molar refractivity (Wildman–Crippen MR) is 102 cm³/mol. The molecule has 126 valence electrons. The Hall–Kier alpha value is -2.67. The zero-order valence-electron chi connectivity index (χ0n) is 14.0. The van der Waals surface area contributed by atoms with E-state index in [1.54, 1.807) is 17.6 Å². The average molecular weight is 343 g/mol. The number of aryl methyl sites for hydroxylation is 1. The van der Waals surface area contributed by atoms with Crippen molar-refractivity contribution in [3.8, 4) is 0 Å². The Morgan fingerprint density at radius 1 is 1.33 bits per heavy atom. The van der Waals surface area contributed by atoms with Crippen LogP contribution in [-0.4, -0.2) is 31.7 Å². The molecule has 0 spiro atoms. The minimum atomic E-state index is 0.543. The van der Waals surface area contributed by atoms with Crippen molar-refractivity contribution in [2.45, 2.75) is 13.3 Å². The Balaban J connectivity index is 2.32. The van der Waals surface area contributed by atoms with Gasteiger partial charge in [0, 0.05) is 25.4 Å². The van der Waals surface area contributed by atoms with Gasteiger partial charge in [0.1, 0.15) is 5.82 Å². The predicted octanol–water partition coefficient (Wildman–Crippen LogP) is 2.89. The van der Waals surface area contributed by atoms with Crippen molar-refractivity contribution in [2.75, 3.05) is 24.7 Å². The Labute approximate surface area is 145 Å². The third kappa shape index (κ3) is 4.66. The number of thiazole rings is 1. The van der Waals surface area contributed by atoms with E-state index in [4.69, 9.17) is 0 Å². The number of hydrazone groups is 1. The maximum absolute atomic E-state index is 10.4. The van der Waals surface area contributed by atoms with E-state index in [0.717, 1.165) is 33.4 Å². The lowest BCUT2D eigenvalue weighted by molar-refractivity contribution is -0.109. The highest BCUT2D eigenvalue weighted by atomic mass is 32.1. The molecule has 0 atom stereocenters. The van der Waals surface area contributed by atoms with E-state index >= 15 is 0 Å². The number of nitrogens with zero attached hydrogens (tertiary/aromatic N) is 2. The van der Waals surface area contributed by atoms with Crippen LogP contribution >= 0.6 is 11.3 Å². The number of hydrogen-bond acceptors (Lipinski definition) is 6. The second kappa shape index (κ2) is 8.83. The molecule has 2 rings (SSSR count). The first-order valence-electron chi connectivity index (χ1n) is 7.52. The largest absolute Gasteiger partial charge is 0.388 e. The molecule has 6 nitrogen and oxygen atoms in total. The average Bonchev–Trinajstić information content (AvgIpc) is 2.99. The lowest BCUT2D eigenvalue weighted by atomic mass is 10.1. The van der Waals surface area contributed by atoms with Crippen molar-refractivity contribution in [3.05, 3.63) is 45.8 Å². The van der Waals surface area contributed by atoms with E-state index < -0.39 is 0 Å². The van der Waals surface area contributed by atoms with Gasteiger partial charge in [-0.05, 0) is 31.0 Å². The summed E-state index contributed by atoms with van der Waals surface area (Å²) in [7, 11) is 3.74. The Kier molecular flexibility index (Phi) is 6.51. The summed E-state index contributed by atoms with van der Waals surface area (Å²) in [5.74, 6) is 0.810. The molecule has 0 aliphatic rings. The molecular formula is C17H21N5OS. The number of anilines is 2. The summed E-state index contributed by atoms with van der Waals surface area (Å²) < 4.78 is 0. The summed E-state index contributed by atoms with van der Waals surface area (Å²) >= 11 is 1.59. The summed E-state index contributed by atoms with van der Waals surface area (Å²) in [4.78, 5) is 15.9. The van der Waals surface area contributed by atoms with Gasteiger partial charge in [-0.25, -0.2) is 10.4 Å². The fourth-order valence-corrected chi connectivity index (χ4v) is 3.15. The lowest BCUT2D eigenvalue weighted by Gasteiger charge is -2.05. The number of amides is 1. The molecule has 0 bridgehead atoms. The molecule has 3 N–H and O–H groups in total. The highest BCUT2D eigenvalue weighted by molar-refractivity contribution is 7.13. The van der Waals surface area contributed by atoms with Crippen LogP contribution < -0.4 is 16.1 Å². The molecule has 0 radical (unpaired) electrons. The maximum atomic E-state index is 10.4. The van der Waals surface area contributed by atoms with Gasteiger partial charge in [-0.1, -0.05) is 18.2 Å². The van der Waals surface area contributed by atoms with Crippen LogP contribution in [0.15, 0.2) is 35.4 Å². The first-order chi connectivity index (χ1) is 11.7. The maximum Gasteiger partial charge on any atom is 0.227 e. The van der Waals surface area contributed by atoms with Crippen molar-refractivity contribution >= 4 is 41.0 Å². The molecule has 24 heavy (non-hydrogen) atoms. The van der Waals surface area contributed by atoms with Crippen LogP contribution in [0.2, 0.25) is 0 Å². The fourth-order valence-electron chi connectivity index (χ4n) is 2.22. The molecular weight excluding hydrogens is 322 g/mol. The van der Waals surface area contributed by atoms with Gasteiger partial charge in [0.15, 0.2) is 0 Å². The first-order valence-corrected chi connectivity index (χ1v) is 8.34.